The largest absolute Gasteiger partial charge is 0.380 e. The second-order valence-electron chi connectivity index (χ2n) is 5.70. The predicted molar refractivity (Wildman–Crippen MR) is 93.3 cm³/mol. The minimum absolute atomic E-state index is 0.0251. The SMILES string of the molecule is COCc1ccc(CNC(=O)c2ccc(CS(C)(=O)=O)cc2)cc1. The number of nitrogens with one attached hydrogen (secondary N) is 1. The molecule has 1 amide bonds. The van der Waals surface area contributed by atoms with Gasteiger partial charge in [-0.1, -0.05) is 36.4 Å². The van der Waals surface area contributed by atoms with Crippen LogP contribution in [0.1, 0.15) is 27.0 Å². The van der Waals surface area contributed by atoms with Crippen LogP contribution < -0.4 is 5.32 Å². The Morgan fingerprint density at radius 3 is 2.04 bits per heavy atom. The summed E-state index contributed by atoms with van der Waals surface area (Å²) >= 11 is 0. The Morgan fingerprint density at radius 1 is 0.958 bits per heavy atom. The van der Waals surface area contributed by atoms with E-state index in [4.69, 9.17) is 4.74 Å². The van der Waals surface area contributed by atoms with Gasteiger partial charge >= 0.3 is 0 Å². The van der Waals surface area contributed by atoms with Crippen molar-refractivity contribution in [2.45, 2.75) is 18.9 Å². The highest BCUT2D eigenvalue weighted by atomic mass is 32.2. The van der Waals surface area contributed by atoms with Crippen LogP contribution >= 0.6 is 0 Å². The standard InChI is InChI=1S/C18H21NO4S/c1-23-12-15-5-3-14(4-6-15)11-19-18(20)17-9-7-16(8-10-17)13-24(2,21)22/h3-10H,11-13H2,1-2H3,(H,19,20). The maximum absolute atomic E-state index is 12.1. The smallest absolute Gasteiger partial charge is 0.251 e. The van der Waals surface area contributed by atoms with E-state index < -0.39 is 9.84 Å². The van der Waals surface area contributed by atoms with Crippen molar-refractivity contribution in [2.24, 2.45) is 0 Å². The van der Waals surface area contributed by atoms with E-state index in [-0.39, 0.29) is 11.7 Å². The predicted octanol–water partition coefficient (Wildman–Crippen LogP) is 2.31. The lowest BCUT2D eigenvalue weighted by Crippen LogP contribution is -2.22. The summed E-state index contributed by atoms with van der Waals surface area (Å²) < 4.78 is 27.6. The number of carbonyl (C=O) groups is 1. The van der Waals surface area contributed by atoms with Crippen molar-refractivity contribution in [3.8, 4) is 0 Å². The number of ether oxygens (including phenoxy) is 1. The van der Waals surface area contributed by atoms with Gasteiger partial charge in [-0.15, -0.1) is 0 Å². The number of methoxy groups -OCH3 is 1. The van der Waals surface area contributed by atoms with Crippen LogP contribution in [0.5, 0.6) is 0 Å². The van der Waals surface area contributed by atoms with Gasteiger partial charge < -0.3 is 10.1 Å². The lowest BCUT2D eigenvalue weighted by atomic mass is 10.1. The summed E-state index contributed by atoms with van der Waals surface area (Å²) in [5, 5.41) is 2.85. The van der Waals surface area contributed by atoms with Gasteiger partial charge in [0.2, 0.25) is 0 Å². The van der Waals surface area contributed by atoms with Crippen LogP contribution in [-0.4, -0.2) is 27.7 Å². The summed E-state index contributed by atoms with van der Waals surface area (Å²) in [6.45, 7) is 0.990. The Bertz CT molecular complexity index is 781. The molecular formula is C18H21NO4S. The summed E-state index contributed by atoms with van der Waals surface area (Å²) in [6, 6.07) is 14.4. The van der Waals surface area contributed by atoms with Crippen molar-refractivity contribution in [3.05, 3.63) is 70.8 Å². The van der Waals surface area contributed by atoms with Gasteiger partial charge in [-0.25, -0.2) is 8.42 Å². The number of hydrogen-bond donors (Lipinski definition) is 1. The first-order valence-electron chi connectivity index (χ1n) is 7.49. The van der Waals surface area contributed by atoms with Gasteiger partial charge in [0.1, 0.15) is 0 Å². The summed E-state index contributed by atoms with van der Waals surface area (Å²) in [7, 11) is -1.43. The van der Waals surface area contributed by atoms with E-state index in [0.29, 0.717) is 24.3 Å². The molecule has 2 aromatic carbocycles. The number of benzene rings is 2. The Labute approximate surface area is 142 Å². The molecular weight excluding hydrogens is 326 g/mol. The monoisotopic (exact) mass is 347 g/mol. The summed E-state index contributed by atoms with van der Waals surface area (Å²) in [5.41, 5.74) is 3.25. The molecule has 5 nitrogen and oxygen atoms in total. The summed E-state index contributed by atoms with van der Waals surface area (Å²) in [6.07, 6.45) is 1.19. The van der Waals surface area contributed by atoms with Crippen LogP contribution in [0.2, 0.25) is 0 Å². The second kappa shape index (κ2) is 8.08. The fourth-order valence-electron chi connectivity index (χ4n) is 2.26. The normalized spacial score (nSPS) is 11.2. The van der Waals surface area contributed by atoms with Gasteiger partial charge in [0.05, 0.1) is 12.4 Å². The first kappa shape index (κ1) is 18.2. The molecule has 0 unspecified atom stereocenters. The maximum Gasteiger partial charge on any atom is 0.251 e. The lowest BCUT2D eigenvalue weighted by Gasteiger charge is -2.07. The van der Waals surface area contributed by atoms with Crippen LogP contribution in [0.3, 0.4) is 0 Å². The Hall–Kier alpha value is -2.18. The Kier molecular flexibility index (Phi) is 6.11. The summed E-state index contributed by atoms with van der Waals surface area (Å²) in [5.74, 6) is -0.218. The zero-order chi connectivity index (χ0) is 17.6. The van der Waals surface area contributed by atoms with E-state index in [0.717, 1.165) is 11.1 Å². The molecule has 0 aromatic heterocycles. The fraction of sp³-hybridized carbons (Fsp3) is 0.278. The number of rotatable bonds is 7. The molecule has 0 heterocycles. The molecule has 2 aromatic rings. The van der Waals surface area contributed by atoms with Crippen LogP contribution in [0.4, 0.5) is 0 Å². The Morgan fingerprint density at radius 2 is 1.50 bits per heavy atom. The van der Waals surface area contributed by atoms with Crippen molar-refractivity contribution in [2.75, 3.05) is 13.4 Å². The second-order valence-corrected chi connectivity index (χ2v) is 7.84. The molecule has 2 rings (SSSR count). The highest BCUT2D eigenvalue weighted by Gasteiger charge is 2.08. The maximum atomic E-state index is 12.1. The molecule has 0 aliphatic heterocycles. The molecule has 0 bridgehead atoms. The highest BCUT2D eigenvalue weighted by molar-refractivity contribution is 7.89. The molecule has 6 heteroatoms. The lowest BCUT2D eigenvalue weighted by molar-refractivity contribution is 0.0951. The highest BCUT2D eigenvalue weighted by Crippen LogP contribution is 2.09. The molecule has 128 valence electrons. The third-order valence-electron chi connectivity index (χ3n) is 3.43. The quantitative estimate of drug-likeness (QED) is 0.834. The fourth-order valence-corrected chi connectivity index (χ4v) is 3.06. The Balaban J connectivity index is 1.92. The van der Waals surface area contributed by atoms with E-state index in [1.807, 2.05) is 24.3 Å². The van der Waals surface area contributed by atoms with Crippen LogP contribution in [0, 0.1) is 0 Å². The zero-order valence-electron chi connectivity index (χ0n) is 13.8. The molecule has 0 saturated carbocycles. The molecule has 0 atom stereocenters. The van der Waals surface area contributed by atoms with Crippen molar-refractivity contribution >= 4 is 15.7 Å². The van der Waals surface area contributed by atoms with Crippen molar-refractivity contribution < 1.29 is 17.9 Å². The number of sulfone groups is 1. The zero-order valence-corrected chi connectivity index (χ0v) is 14.6. The molecule has 1 N–H and O–H groups in total. The summed E-state index contributed by atoms with van der Waals surface area (Å²) in [4.78, 5) is 12.1. The first-order chi connectivity index (χ1) is 11.4. The van der Waals surface area contributed by atoms with E-state index in [1.165, 1.54) is 6.26 Å². The van der Waals surface area contributed by atoms with Crippen molar-refractivity contribution in [1.82, 2.24) is 5.32 Å². The number of hydrogen-bond acceptors (Lipinski definition) is 4. The molecule has 24 heavy (non-hydrogen) atoms. The van der Waals surface area contributed by atoms with Gasteiger partial charge in [-0.2, -0.15) is 0 Å². The average Bonchev–Trinajstić information content (AvgIpc) is 2.53. The van der Waals surface area contributed by atoms with E-state index in [1.54, 1.807) is 31.4 Å². The average molecular weight is 347 g/mol. The van der Waals surface area contributed by atoms with E-state index in [2.05, 4.69) is 5.32 Å². The van der Waals surface area contributed by atoms with Crippen molar-refractivity contribution in [3.63, 3.8) is 0 Å². The van der Waals surface area contributed by atoms with Gasteiger partial charge in [-0.3, -0.25) is 4.79 Å². The molecule has 0 radical (unpaired) electrons. The van der Waals surface area contributed by atoms with Gasteiger partial charge in [0, 0.05) is 25.5 Å². The molecule has 0 aliphatic carbocycles. The van der Waals surface area contributed by atoms with Gasteiger partial charge in [0.15, 0.2) is 9.84 Å². The van der Waals surface area contributed by atoms with E-state index in [9.17, 15) is 13.2 Å². The van der Waals surface area contributed by atoms with E-state index >= 15 is 0 Å². The van der Waals surface area contributed by atoms with Gasteiger partial charge in [0.25, 0.3) is 5.91 Å². The number of carbonyl (C=O) groups excluding carboxylic acids is 1. The molecule has 0 saturated heterocycles. The minimum atomic E-state index is -3.07. The number of amides is 1. The molecule has 0 spiro atoms. The van der Waals surface area contributed by atoms with Crippen LogP contribution in [-0.2, 0) is 33.5 Å². The van der Waals surface area contributed by atoms with Crippen LogP contribution in [0.25, 0.3) is 0 Å². The third-order valence-corrected chi connectivity index (χ3v) is 4.29. The first-order valence-corrected chi connectivity index (χ1v) is 9.55. The third kappa shape index (κ3) is 5.79. The topological polar surface area (TPSA) is 72.5 Å². The minimum Gasteiger partial charge on any atom is -0.380 e. The van der Waals surface area contributed by atoms with Gasteiger partial charge in [-0.05, 0) is 28.8 Å². The molecule has 0 fully saturated rings. The molecule has 0 aliphatic rings. The van der Waals surface area contributed by atoms with Crippen molar-refractivity contribution in [1.29, 1.82) is 0 Å². The van der Waals surface area contributed by atoms with Crippen LogP contribution in [0.15, 0.2) is 48.5 Å².